The Morgan fingerprint density at radius 1 is 0.973 bits per heavy atom. The summed E-state index contributed by atoms with van der Waals surface area (Å²) in [6, 6.07) is 10.5. The second kappa shape index (κ2) is 8.30. The van der Waals surface area contributed by atoms with Crippen LogP contribution < -0.4 is 5.32 Å². The number of rotatable bonds is 5. The van der Waals surface area contributed by atoms with Crippen molar-refractivity contribution in [2.75, 3.05) is 5.32 Å². The van der Waals surface area contributed by atoms with Crippen molar-refractivity contribution >= 4 is 33.5 Å². The molecule has 1 aliphatic carbocycles. The zero-order valence-electron chi connectivity index (χ0n) is 19.4. The predicted octanol–water partition coefficient (Wildman–Crippen LogP) is 5.11. The van der Waals surface area contributed by atoms with Gasteiger partial charge in [0.2, 0.25) is 5.91 Å². The normalized spacial score (nSPS) is 13.3. The summed E-state index contributed by atoms with van der Waals surface area (Å²) in [5.74, 6) is 0.128. The van der Waals surface area contributed by atoms with E-state index in [9.17, 15) is 4.79 Å². The third-order valence-electron chi connectivity index (χ3n) is 6.48. The van der Waals surface area contributed by atoms with Crippen LogP contribution in [0.4, 0.5) is 10.1 Å². The molecule has 0 radical (unpaired) electrons. The van der Waals surface area contributed by atoms with Crippen molar-refractivity contribution in [1.82, 2.24) is 35.1 Å². The summed E-state index contributed by atoms with van der Waals surface area (Å²) in [6.45, 7) is 0. The van der Waals surface area contributed by atoms with Gasteiger partial charge in [0, 0.05) is 58.8 Å². The summed E-state index contributed by atoms with van der Waals surface area (Å²) in [6.07, 6.45) is 10.1. The Morgan fingerprint density at radius 3 is 2.70 bits per heavy atom. The van der Waals surface area contributed by atoms with E-state index in [1.165, 1.54) is 6.07 Å². The molecule has 1 aromatic carbocycles. The molecular formula is C27H19FN8O. The second-order valence-corrected chi connectivity index (χ2v) is 9.06. The average Bonchev–Trinajstić information content (AvgIpc) is 3.56. The van der Waals surface area contributed by atoms with Crippen LogP contribution in [-0.4, -0.2) is 41.0 Å². The molecule has 180 valence electrons. The van der Waals surface area contributed by atoms with Crippen LogP contribution in [0.5, 0.6) is 0 Å². The molecule has 6 aromatic rings. The maximum absolute atomic E-state index is 15.2. The zero-order chi connectivity index (χ0) is 24.9. The van der Waals surface area contributed by atoms with Crippen LogP contribution in [0, 0.1) is 11.7 Å². The van der Waals surface area contributed by atoms with Gasteiger partial charge in [-0.05, 0) is 43.2 Å². The molecule has 7 rings (SSSR count). The Hall–Kier alpha value is -4.99. The lowest BCUT2D eigenvalue weighted by molar-refractivity contribution is -0.117. The average molecular weight is 491 g/mol. The van der Waals surface area contributed by atoms with Gasteiger partial charge >= 0.3 is 0 Å². The molecule has 0 aliphatic heterocycles. The van der Waals surface area contributed by atoms with Gasteiger partial charge in [-0.2, -0.15) is 5.10 Å². The number of benzene rings is 1. The Bertz CT molecular complexity index is 1810. The number of H-pyrrole nitrogens is 2. The molecule has 1 fully saturated rings. The molecule has 1 saturated carbocycles. The first-order valence-electron chi connectivity index (χ1n) is 11.8. The number of pyridine rings is 3. The number of hydrogen-bond donors (Lipinski definition) is 3. The standard InChI is InChI=1S/C27H19FN8O/c28-20-10-22-19(9-18(20)16-8-17(13-30-12-16)32-27(37)14-3-4-14)24(36-35-22)26-33-21-5-7-31-23(25(21)34-26)15-2-1-6-29-11-15/h1-2,5-14H,3-4H2,(H,32,37)(H,33,34)(H,35,36). The van der Waals surface area contributed by atoms with Gasteiger partial charge in [-0.3, -0.25) is 24.8 Å². The van der Waals surface area contributed by atoms with Gasteiger partial charge in [0.15, 0.2) is 5.82 Å². The highest BCUT2D eigenvalue weighted by molar-refractivity contribution is 5.98. The van der Waals surface area contributed by atoms with E-state index in [-0.39, 0.29) is 11.8 Å². The van der Waals surface area contributed by atoms with Gasteiger partial charge in [-0.25, -0.2) is 9.37 Å². The van der Waals surface area contributed by atoms with Crippen LogP contribution in [0.3, 0.4) is 0 Å². The van der Waals surface area contributed by atoms with Crippen molar-refractivity contribution in [3.05, 3.63) is 73.2 Å². The number of halogens is 1. The summed E-state index contributed by atoms with van der Waals surface area (Å²) >= 11 is 0. The van der Waals surface area contributed by atoms with Gasteiger partial charge in [0.25, 0.3) is 0 Å². The summed E-state index contributed by atoms with van der Waals surface area (Å²) in [5, 5.41) is 10.9. The van der Waals surface area contributed by atoms with Gasteiger partial charge in [0.1, 0.15) is 17.0 Å². The number of anilines is 1. The number of nitrogens with one attached hydrogen (secondary N) is 3. The molecule has 9 nitrogen and oxygen atoms in total. The third-order valence-corrected chi connectivity index (χ3v) is 6.48. The number of amides is 1. The first-order chi connectivity index (χ1) is 18.1. The molecule has 0 atom stereocenters. The van der Waals surface area contributed by atoms with Crippen LogP contribution >= 0.6 is 0 Å². The highest BCUT2D eigenvalue weighted by Gasteiger charge is 2.29. The summed E-state index contributed by atoms with van der Waals surface area (Å²) in [5.41, 5.74) is 5.56. The van der Waals surface area contributed by atoms with E-state index >= 15 is 4.39 Å². The van der Waals surface area contributed by atoms with E-state index in [1.54, 1.807) is 43.1 Å². The maximum Gasteiger partial charge on any atom is 0.227 e. The minimum Gasteiger partial charge on any atom is -0.336 e. The van der Waals surface area contributed by atoms with Crippen LogP contribution in [0.25, 0.3) is 55.8 Å². The van der Waals surface area contributed by atoms with Gasteiger partial charge in [0.05, 0.1) is 28.6 Å². The highest BCUT2D eigenvalue weighted by Crippen LogP contribution is 2.35. The molecule has 3 N–H and O–H groups in total. The smallest absolute Gasteiger partial charge is 0.227 e. The molecule has 0 unspecified atom stereocenters. The predicted molar refractivity (Wildman–Crippen MR) is 137 cm³/mol. The van der Waals surface area contributed by atoms with E-state index in [0.717, 1.165) is 23.9 Å². The molecule has 1 aliphatic rings. The van der Waals surface area contributed by atoms with Crippen LogP contribution in [0.2, 0.25) is 0 Å². The van der Waals surface area contributed by atoms with Crippen molar-refractivity contribution in [2.24, 2.45) is 5.92 Å². The molecule has 1 amide bonds. The fourth-order valence-corrected chi connectivity index (χ4v) is 4.45. The first-order valence-corrected chi connectivity index (χ1v) is 11.8. The van der Waals surface area contributed by atoms with Crippen molar-refractivity contribution in [3.8, 4) is 33.9 Å². The van der Waals surface area contributed by atoms with Gasteiger partial charge in [-0.1, -0.05) is 0 Å². The molecule has 0 saturated heterocycles. The molecule has 0 spiro atoms. The number of carbonyl (C=O) groups is 1. The second-order valence-electron chi connectivity index (χ2n) is 9.06. The van der Waals surface area contributed by atoms with E-state index in [0.29, 0.717) is 50.4 Å². The fraction of sp³-hybridized carbons (Fsp3) is 0.111. The van der Waals surface area contributed by atoms with Crippen LogP contribution in [0.15, 0.2) is 67.4 Å². The Kier molecular flexibility index (Phi) is 4.78. The van der Waals surface area contributed by atoms with Crippen molar-refractivity contribution in [1.29, 1.82) is 0 Å². The minimum absolute atomic E-state index is 0.0305. The van der Waals surface area contributed by atoms with Gasteiger partial charge in [-0.15, -0.1) is 0 Å². The maximum atomic E-state index is 15.2. The zero-order valence-corrected chi connectivity index (χ0v) is 19.4. The van der Waals surface area contributed by atoms with Crippen molar-refractivity contribution in [3.63, 3.8) is 0 Å². The lowest BCUT2D eigenvalue weighted by Gasteiger charge is -2.08. The van der Waals surface area contributed by atoms with Crippen molar-refractivity contribution < 1.29 is 9.18 Å². The topological polar surface area (TPSA) is 125 Å². The van der Waals surface area contributed by atoms with E-state index < -0.39 is 5.82 Å². The van der Waals surface area contributed by atoms with Crippen LogP contribution in [0.1, 0.15) is 12.8 Å². The minimum atomic E-state index is -0.428. The molecule has 10 heteroatoms. The number of aromatic amines is 2. The lowest BCUT2D eigenvalue weighted by Crippen LogP contribution is -2.13. The van der Waals surface area contributed by atoms with E-state index in [2.05, 4.69) is 35.5 Å². The highest BCUT2D eigenvalue weighted by atomic mass is 19.1. The van der Waals surface area contributed by atoms with Crippen LogP contribution in [-0.2, 0) is 4.79 Å². The summed E-state index contributed by atoms with van der Waals surface area (Å²) in [7, 11) is 0. The Balaban J connectivity index is 1.31. The Morgan fingerprint density at radius 2 is 1.86 bits per heavy atom. The largest absolute Gasteiger partial charge is 0.336 e. The monoisotopic (exact) mass is 490 g/mol. The SMILES string of the molecule is O=C(Nc1cncc(-c2cc3c(-c4nc5c(-c6cccnc6)nccc5[nH]4)n[nH]c3cc2F)c1)C1CC1. The van der Waals surface area contributed by atoms with E-state index in [1.807, 2.05) is 18.2 Å². The summed E-state index contributed by atoms with van der Waals surface area (Å²) < 4.78 is 15.2. The third kappa shape index (κ3) is 3.79. The number of hydrogen-bond acceptors (Lipinski definition) is 6. The molecule has 5 heterocycles. The quantitative estimate of drug-likeness (QED) is 0.308. The number of imidazole rings is 1. The molecule has 5 aromatic heterocycles. The van der Waals surface area contributed by atoms with E-state index in [4.69, 9.17) is 4.98 Å². The Labute approximate surface area is 209 Å². The number of carbonyl (C=O) groups excluding carboxylic acids is 1. The molecule has 0 bridgehead atoms. The first kappa shape index (κ1) is 21.3. The number of aromatic nitrogens is 7. The number of fused-ring (bicyclic) bond motifs is 2. The lowest BCUT2D eigenvalue weighted by atomic mass is 10.0. The van der Waals surface area contributed by atoms with Gasteiger partial charge < -0.3 is 10.3 Å². The molecule has 37 heavy (non-hydrogen) atoms. The van der Waals surface area contributed by atoms with Crippen molar-refractivity contribution in [2.45, 2.75) is 12.8 Å². The summed E-state index contributed by atoms with van der Waals surface area (Å²) in [4.78, 5) is 33.2. The fourth-order valence-electron chi connectivity index (χ4n) is 4.45. The molecular weight excluding hydrogens is 471 g/mol. The number of nitrogens with zero attached hydrogens (tertiary/aromatic N) is 5.